The van der Waals surface area contributed by atoms with E-state index in [0.29, 0.717) is 16.3 Å². The number of nitrogens with zero attached hydrogens (tertiary/aromatic N) is 3. The number of rotatable bonds is 5. The second-order valence-corrected chi connectivity index (χ2v) is 7.12. The van der Waals surface area contributed by atoms with E-state index in [4.69, 9.17) is 0 Å². The van der Waals surface area contributed by atoms with Crippen molar-refractivity contribution in [2.75, 3.05) is 5.32 Å². The molecule has 1 atom stereocenters. The van der Waals surface area contributed by atoms with Crippen molar-refractivity contribution in [3.05, 3.63) is 40.4 Å². The summed E-state index contributed by atoms with van der Waals surface area (Å²) in [5.74, 6) is -1.58. The molecule has 25 heavy (non-hydrogen) atoms. The minimum Gasteiger partial charge on any atom is -0.299 e. The third kappa shape index (κ3) is 3.05. The smallest absolute Gasteiger partial charge is 0.262 e. The number of hydrogen-bond donors (Lipinski definition) is 1. The van der Waals surface area contributed by atoms with Crippen LogP contribution in [0.2, 0.25) is 0 Å². The van der Waals surface area contributed by atoms with Crippen molar-refractivity contribution in [3.8, 4) is 0 Å². The molecule has 130 valence electrons. The molecule has 0 aliphatic carbocycles. The van der Waals surface area contributed by atoms with E-state index in [-0.39, 0.29) is 5.92 Å². The second-order valence-electron chi connectivity index (χ2n) is 6.06. The Morgan fingerprint density at radius 3 is 2.24 bits per heavy atom. The van der Waals surface area contributed by atoms with Gasteiger partial charge in [-0.1, -0.05) is 44.2 Å². The summed E-state index contributed by atoms with van der Waals surface area (Å²) in [5, 5.41) is 11.7. The van der Waals surface area contributed by atoms with Crippen molar-refractivity contribution in [2.24, 2.45) is 5.92 Å². The lowest BCUT2D eigenvalue weighted by atomic mass is 10.0. The van der Waals surface area contributed by atoms with Crippen LogP contribution in [0.4, 0.5) is 5.13 Å². The summed E-state index contributed by atoms with van der Waals surface area (Å²) < 4.78 is 0. The Hall–Kier alpha value is -2.61. The van der Waals surface area contributed by atoms with Gasteiger partial charge in [0.2, 0.25) is 11.0 Å². The molecule has 0 saturated heterocycles. The van der Waals surface area contributed by atoms with E-state index in [1.165, 1.54) is 11.3 Å². The van der Waals surface area contributed by atoms with Crippen LogP contribution in [-0.2, 0) is 11.2 Å². The molecule has 0 saturated carbocycles. The van der Waals surface area contributed by atoms with Gasteiger partial charge in [0.05, 0.1) is 11.1 Å². The van der Waals surface area contributed by atoms with Gasteiger partial charge in [-0.05, 0) is 24.5 Å². The lowest BCUT2D eigenvalue weighted by Gasteiger charge is -2.27. The molecule has 3 rings (SSSR count). The highest BCUT2D eigenvalue weighted by molar-refractivity contribution is 7.15. The van der Waals surface area contributed by atoms with Gasteiger partial charge < -0.3 is 0 Å². The summed E-state index contributed by atoms with van der Waals surface area (Å²) in [5.41, 5.74) is 0.658. The van der Waals surface area contributed by atoms with Crippen molar-refractivity contribution in [1.29, 1.82) is 0 Å². The topological polar surface area (TPSA) is 92.3 Å². The Bertz CT molecular complexity index is 811. The maximum atomic E-state index is 12.8. The van der Waals surface area contributed by atoms with E-state index < -0.39 is 23.8 Å². The van der Waals surface area contributed by atoms with Gasteiger partial charge in [0.1, 0.15) is 11.0 Å². The van der Waals surface area contributed by atoms with Crippen LogP contribution in [0.5, 0.6) is 0 Å². The van der Waals surface area contributed by atoms with E-state index in [1.54, 1.807) is 38.1 Å². The number of benzene rings is 1. The predicted molar refractivity (Wildman–Crippen MR) is 93.5 cm³/mol. The first kappa shape index (κ1) is 17.2. The van der Waals surface area contributed by atoms with Gasteiger partial charge in [-0.3, -0.25) is 24.6 Å². The monoisotopic (exact) mass is 358 g/mol. The normalized spacial score (nSPS) is 14.8. The van der Waals surface area contributed by atoms with Crippen LogP contribution in [0.1, 0.15) is 46.5 Å². The molecule has 1 aromatic carbocycles. The summed E-state index contributed by atoms with van der Waals surface area (Å²) in [6.07, 6.45) is 0.722. The Morgan fingerprint density at radius 2 is 1.76 bits per heavy atom. The fraction of sp³-hybridized carbons (Fsp3) is 0.353. The van der Waals surface area contributed by atoms with Crippen LogP contribution in [0.25, 0.3) is 0 Å². The van der Waals surface area contributed by atoms with E-state index >= 15 is 0 Å². The van der Waals surface area contributed by atoms with Crippen molar-refractivity contribution in [1.82, 2.24) is 15.1 Å². The molecule has 7 nitrogen and oxygen atoms in total. The van der Waals surface area contributed by atoms with Gasteiger partial charge in [0.25, 0.3) is 11.8 Å². The third-order valence-corrected chi connectivity index (χ3v) is 4.99. The molecule has 1 aliphatic heterocycles. The minimum atomic E-state index is -0.915. The number of aryl methyl sites for hydroxylation is 1. The zero-order valence-corrected chi connectivity index (χ0v) is 15.0. The minimum absolute atomic E-state index is 0.249. The molecular weight excluding hydrogens is 340 g/mol. The summed E-state index contributed by atoms with van der Waals surface area (Å²) in [6, 6.07) is 5.69. The van der Waals surface area contributed by atoms with Crippen molar-refractivity contribution in [3.63, 3.8) is 0 Å². The molecule has 1 N–H and O–H groups in total. The zero-order chi connectivity index (χ0) is 18.1. The maximum absolute atomic E-state index is 12.8. The molecule has 0 unspecified atom stereocenters. The van der Waals surface area contributed by atoms with Crippen LogP contribution >= 0.6 is 11.3 Å². The summed E-state index contributed by atoms with van der Waals surface area (Å²) in [4.78, 5) is 39.1. The molecule has 3 amide bonds. The van der Waals surface area contributed by atoms with Gasteiger partial charge in [-0.2, -0.15) is 0 Å². The van der Waals surface area contributed by atoms with Gasteiger partial charge in [0, 0.05) is 0 Å². The molecule has 2 aromatic rings. The number of imide groups is 1. The lowest BCUT2D eigenvalue weighted by Crippen LogP contribution is -2.50. The van der Waals surface area contributed by atoms with Crippen LogP contribution < -0.4 is 5.32 Å². The lowest BCUT2D eigenvalue weighted by molar-refractivity contribution is -0.121. The maximum Gasteiger partial charge on any atom is 0.262 e. The molecule has 2 heterocycles. The number of carbonyl (C=O) groups is 3. The van der Waals surface area contributed by atoms with Crippen LogP contribution in [0.15, 0.2) is 24.3 Å². The summed E-state index contributed by atoms with van der Waals surface area (Å²) in [7, 11) is 0. The molecule has 1 aliphatic rings. The summed E-state index contributed by atoms with van der Waals surface area (Å²) in [6.45, 7) is 5.54. The molecule has 0 fully saturated rings. The number of carbonyl (C=O) groups excluding carboxylic acids is 3. The van der Waals surface area contributed by atoms with Crippen LogP contribution in [0.3, 0.4) is 0 Å². The molecule has 0 radical (unpaired) electrons. The van der Waals surface area contributed by atoms with E-state index in [0.717, 1.165) is 16.3 Å². The van der Waals surface area contributed by atoms with Crippen LogP contribution in [-0.4, -0.2) is 38.9 Å². The molecule has 0 spiro atoms. The Labute approximate surface area is 149 Å². The van der Waals surface area contributed by atoms with E-state index in [2.05, 4.69) is 15.5 Å². The Morgan fingerprint density at radius 1 is 1.16 bits per heavy atom. The fourth-order valence-electron chi connectivity index (χ4n) is 2.80. The standard InChI is InChI=1S/C17H18N4O3S/c1-4-12-19-20-17(25-12)18-14(22)13(9(2)3)21-15(23)10-7-5-6-8-11(10)16(21)24/h5-9,13H,4H2,1-3H3,(H,18,20,22)/t13-/m0/s1. The first-order valence-corrected chi connectivity index (χ1v) is 8.85. The Kier molecular flexibility index (Phi) is 4.63. The quantitative estimate of drug-likeness (QED) is 0.828. The first-order valence-electron chi connectivity index (χ1n) is 8.04. The second kappa shape index (κ2) is 6.72. The third-order valence-electron chi connectivity index (χ3n) is 4.00. The van der Waals surface area contributed by atoms with Crippen molar-refractivity contribution in [2.45, 2.75) is 33.2 Å². The summed E-state index contributed by atoms with van der Waals surface area (Å²) >= 11 is 1.28. The largest absolute Gasteiger partial charge is 0.299 e. The van der Waals surface area contributed by atoms with E-state index in [9.17, 15) is 14.4 Å². The molecule has 8 heteroatoms. The van der Waals surface area contributed by atoms with Gasteiger partial charge in [-0.25, -0.2) is 0 Å². The van der Waals surface area contributed by atoms with Gasteiger partial charge in [0.15, 0.2) is 0 Å². The number of hydrogen-bond acceptors (Lipinski definition) is 6. The van der Waals surface area contributed by atoms with Crippen molar-refractivity contribution >= 4 is 34.2 Å². The number of nitrogens with one attached hydrogen (secondary N) is 1. The predicted octanol–water partition coefficient (Wildman–Crippen LogP) is 2.36. The number of amides is 3. The Balaban J connectivity index is 1.88. The molecular formula is C17H18N4O3S. The van der Waals surface area contributed by atoms with Gasteiger partial charge >= 0.3 is 0 Å². The number of anilines is 1. The highest BCUT2D eigenvalue weighted by Gasteiger charge is 2.44. The highest BCUT2D eigenvalue weighted by Crippen LogP contribution is 2.28. The number of aromatic nitrogens is 2. The average Bonchev–Trinajstić information content (AvgIpc) is 3.13. The average molecular weight is 358 g/mol. The van der Waals surface area contributed by atoms with Gasteiger partial charge in [-0.15, -0.1) is 10.2 Å². The molecule has 0 bridgehead atoms. The highest BCUT2D eigenvalue weighted by atomic mass is 32.1. The number of fused-ring (bicyclic) bond motifs is 1. The molecule has 1 aromatic heterocycles. The fourth-order valence-corrected chi connectivity index (χ4v) is 3.49. The first-order chi connectivity index (χ1) is 11.9. The SMILES string of the molecule is CCc1nnc(NC(=O)[C@H](C(C)C)N2C(=O)c3ccccc3C2=O)s1. The van der Waals surface area contributed by atoms with Crippen molar-refractivity contribution < 1.29 is 14.4 Å². The van der Waals surface area contributed by atoms with Crippen LogP contribution in [0, 0.1) is 5.92 Å². The van der Waals surface area contributed by atoms with E-state index in [1.807, 2.05) is 6.92 Å². The zero-order valence-electron chi connectivity index (χ0n) is 14.1.